The minimum absolute atomic E-state index is 0.216. The highest BCUT2D eigenvalue weighted by Gasteiger charge is 2.18. The van der Waals surface area contributed by atoms with Gasteiger partial charge < -0.3 is 14.0 Å². The fourth-order valence-corrected chi connectivity index (χ4v) is 4.02. The van der Waals surface area contributed by atoms with Gasteiger partial charge in [0.05, 0.1) is 6.61 Å². The van der Waals surface area contributed by atoms with Crippen LogP contribution in [0.4, 0.5) is 0 Å². The van der Waals surface area contributed by atoms with Crippen LogP contribution in [0, 0.1) is 11.8 Å². The molecule has 0 aromatic heterocycles. The number of unbranched alkanes of at least 4 members (excludes halogenated alkanes) is 2. The maximum atomic E-state index is 12.1. The molecule has 0 radical (unpaired) electrons. The molecule has 0 N–H and O–H groups in total. The molecule has 122 valence electrons. The summed E-state index contributed by atoms with van der Waals surface area (Å²) in [6.45, 7) is 8.85. The van der Waals surface area contributed by atoms with Gasteiger partial charge in [-0.2, -0.15) is 0 Å². The highest BCUT2D eigenvalue weighted by Crippen LogP contribution is 2.41. The zero-order valence-corrected chi connectivity index (χ0v) is 14.8. The molecular weight excluding hydrogens is 271 g/mol. The summed E-state index contributed by atoms with van der Waals surface area (Å²) in [5.74, 6) is 0.641. The van der Waals surface area contributed by atoms with Crippen LogP contribution in [-0.4, -0.2) is 12.8 Å². The summed E-state index contributed by atoms with van der Waals surface area (Å²) >= 11 is 0. The van der Waals surface area contributed by atoms with Crippen LogP contribution in [0.5, 0.6) is 0 Å². The van der Waals surface area contributed by atoms with Crippen molar-refractivity contribution >= 4 is 7.60 Å². The maximum absolute atomic E-state index is 12.1. The lowest BCUT2D eigenvalue weighted by atomic mass is 10.0. The highest BCUT2D eigenvalue weighted by atomic mass is 31.2. The van der Waals surface area contributed by atoms with E-state index in [0.29, 0.717) is 12.5 Å². The second-order valence-electron chi connectivity index (χ2n) is 5.92. The minimum atomic E-state index is -3.65. The van der Waals surface area contributed by atoms with E-state index in [4.69, 9.17) is 4.52 Å². The molecule has 0 amide bonds. The predicted molar refractivity (Wildman–Crippen MR) is 85.0 cm³/mol. The molecule has 0 aliphatic heterocycles. The normalized spacial score (nSPS) is 17.6. The largest absolute Gasteiger partial charge is 0.778 e. The second kappa shape index (κ2) is 11.8. The van der Waals surface area contributed by atoms with E-state index < -0.39 is 7.60 Å². The Morgan fingerprint density at radius 3 is 1.90 bits per heavy atom. The van der Waals surface area contributed by atoms with E-state index in [1.807, 2.05) is 0 Å². The van der Waals surface area contributed by atoms with E-state index in [0.717, 1.165) is 51.4 Å². The van der Waals surface area contributed by atoms with E-state index in [-0.39, 0.29) is 12.1 Å². The van der Waals surface area contributed by atoms with Crippen LogP contribution in [0.2, 0.25) is 0 Å². The van der Waals surface area contributed by atoms with Crippen LogP contribution < -0.4 is 4.89 Å². The summed E-state index contributed by atoms with van der Waals surface area (Å²) in [4.78, 5) is 12.1. The zero-order valence-electron chi connectivity index (χ0n) is 13.9. The van der Waals surface area contributed by atoms with Crippen LogP contribution in [-0.2, 0) is 9.09 Å². The number of hydrogen-bond donors (Lipinski definition) is 0. The van der Waals surface area contributed by atoms with Crippen LogP contribution in [0.25, 0.3) is 0 Å². The van der Waals surface area contributed by atoms with Crippen molar-refractivity contribution in [3.63, 3.8) is 0 Å². The molecule has 0 bridgehead atoms. The molecule has 0 spiro atoms. The van der Waals surface area contributed by atoms with Crippen LogP contribution in [0.3, 0.4) is 0 Å². The smallest absolute Gasteiger partial charge is 0.135 e. The first-order valence-corrected chi connectivity index (χ1v) is 10.2. The van der Waals surface area contributed by atoms with Crippen molar-refractivity contribution in [1.82, 2.24) is 0 Å². The molecule has 0 saturated heterocycles. The Balaban J connectivity index is 4.17. The molecule has 3 nitrogen and oxygen atoms in total. The summed E-state index contributed by atoms with van der Waals surface area (Å²) in [5.41, 5.74) is 0. The van der Waals surface area contributed by atoms with Gasteiger partial charge in [0.15, 0.2) is 0 Å². The quantitative estimate of drug-likeness (QED) is 0.450. The monoisotopic (exact) mass is 305 g/mol. The second-order valence-corrected chi connectivity index (χ2v) is 7.77. The lowest BCUT2D eigenvalue weighted by Gasteiger charge is -2.29. The third kappa shape index (κ3) is 9.96. The Labute approximate surface area is 126 Å². The Bertz CT molecular complexity index is 268. The van der Waals surface area contributed by atoms with Crippen molar-refractivity contribution in [3.05, 3.63) is 0 Å². The summed E-state index contributed by atoms with van der Waals surface area (Å²) in [5, 5.41) is 0. The Kier molecular flexibility index (Phi) is 11.9. The lowest BCUT2D eigenvalue weighted by molar-refractivity contribution is -0.200. The van der Waals surface area contributed by atoms with Crippen LogP contribution in [0.1, 0.15) is 79.1 Å². The molecule has 0 heterocycles. The van der Waals surface area contributed by atoms with Crippen molar-refractivity contribution in [1.29, 1.82) is 0 Å². The van der Waals surface area contributed by atoms with Crippen molar-refractivity contribution in [2.45, 2.75) is 79.1 Å². The minimum Gasteiger partial charge on any atom is -0.778 e. The molecule has 0 fully saturated rings. The molecule has 4 heteroatoms. The first kappa shape index (κ1) is 20.1. The molecule has 0 rings (SSSR count). The van der Waals surface area contributed by atoms with Gasteiger partial charge in [-0.1, -0.05) is 66.2 Å². The summed E-state index contributed by atoms with van der Waals surface area (Å²) in [6.07, 6.45) is 8.72. The topological polar surface area (TPSA) is 49.4 Å². The molecule has 3 atom stereocenters. The molecule has 0 aromatic carbocycles. The van der Waals surface area contributed by atoms with E-state index in [1.54, 1.807) is 0 Å². The standard InChI is InChI=1S/C16H35O3P/c1-5-9-11-15(7-3)13-19-20(17,18)14-16(8-4)12-10-6-2/h15-16H,5-14H2,1-4H3,(H,17,18)/p-1. The van der Waals surface area contributed by atoms with Crippen LogP contribution in [0.15, 0.2) is 0 Å². The van der Waals surface area contributed by atoms with Gasteiger partial charge in [-0.3, -0.25) is 0 Å². The van der Waals surface area contributed by atoms with Gasteiger partial charge in [-0.05, 0) is 24.7 Å². The predicted octanol–water partition coefficient (Wildman–Crippen LogP) is 4.99. The van der Waals surface area contributed by atoms with Crippen molar-refractivity contribution in [2.75, 3.05) is 12.8 Å². The fourth-order valence-electron chi connectivity index (χ4n) is 2.40. The maximum Gasteiger partial charge on any atom is 0.135 e. The Hall–Kier alpha value is 0.150. The third-order valence-corrected chi connectivity index (χ3v) is 5.58. The van der Waals surface area contributed by atoms with Crippen molar-refractivity contribution in [2.24, 2.45) is 11.8 Å². The Morgan fingerprint density at radius 2 is 1.45 bits per heavy atom. The van der Waals surface area contributed by atoms with E-state index in [9.17, 15) is 9.46 Å². The summed E-state index contributed by atoms with van der Waals surface area (Å²) in [7, 11) is -3.65. The Morgan fingerprint density at radius 1 is 0.950 bits per heavy atom. The van der Waals surface area contributed by atoms with Gasteiger partial charge in [0, 0.05) is 6.16 Å². The molecule has 20 heavy (non-hydrogen) atoms. The molecular formula is C16H34O3P-. The highest BCUT2D eigenvalue weighted by molar-refractivity contribution is 7.51. The first-order valence-electron chi connectivity index (χ1n) is 8.43. The zero-order chi connectivity index (χ0) is 15.4. The van der Waals surface area contributed by atoms with Gasteiger partial charge in [0.25, 0.3) is 0 Å². The van der Waals surface area contributed by atoms with Gasteiger partial charge >= 0.3 is 0 Å². The molecule has 0 saturated carbocycles. The van der Waals surface area contributed by atoms with Crippen molar-refractivity contribution < 1.29 is 14.0 Å². The van der Waals surface area contributed by atoms with Crippen molar-refractivity contribution in [3.8, 4) is 0 Å². The number of rotatable bonds is 13. The average molecular weight is 305 g/mol. The fraction of sp³-hybridized carbons (Fsp3) is 1.00. The molecule has 0 aliphatic carbocycles. The van der Waals surface area contributed by atoms with Gasteiger partial charge in [-0.15, -0.1) is 0 Å². The van der Waals surface area contributed by atoms with E-state index in [1.165, 1.54) is 0 Å². The molecule has 0 aromatic rings. The lowest BCUT2D eigenvalue weighted by Crippen LogP contribution is -2.18. The SMILES string of the molecule is CCCCC(CC)COP(=O)([O-])CC(CC)CCCC. The molecule has 3 unspecified atom stereocenters. The van der Waals surface area contributed by atoms with E-state index in [2.05, 4.69) is 27.7 Å². The van der Waals surface area contributed by atoms with Gasteiger partial charge in [-0.25, -0.2) is 0 Å². The van der Waals surface area contributed by atoms with Gasteiger partial charge in [0.2, 0.25) is 0 Å². The van der Waals surface area contributed by atoms with Gasteiger partial charge in [0.1, 0.15) is 7.60 Å². The average Bonchev–Trinajstić information content (AvgIpc) is 2.43. The third-order valence-electron chi connectivity index (χ3n) is 4.08. The summed E-state index contributed by atoms with van der Waals surface area (Å²) in [6, 6.07) is 0. The van der Waals surface area contributed by atoms with E-state index >= 15 is 0 Å². The summed E-state index contributed by atoms with van der Waals surface area (Å²) < 4.78 is 17.4. The molecule has 0 aliphatic rings. The first-order chi connectivity index (χ1) is 9.49. The van der Waals surface area contributed by atoms with Crippen LogP contribution >= 0.6 is 7.60 Å². The number of hydrogen-bond acceptors (Lipinski definition) is 3.